The average Bonchev–Trinajstić information content (AvgIpc) is 3.25. The molecule has 152 valence electrons. The summed E-state index contributed by atoms with van der Waals surface area (Å²) in [5.74, 6) is 3.08. The predicted molar refractivity (Wildman–Crippen MR) is 109 cm³/mol. The molecule has 0 aliphatic carbocycles. The number of ether oxygens (including phenoxy) is 2. The van der Waals surface area contributed by atoms with Crippen molar-refractivity contribution < 1.29 is 14.0 Å². The highest BCUT2D eigenvalue weighted by molar-refractivity contribution is 5.79. The van der Waals surface area contributed by atoms with Gasteiger partial charge in [0.15, 0.2) is 23.3 Å². The number of benzene rings is 1. The first-order valence-electron chi connectivity index (χ1n) is 9.13. The van der Waals surface area contributed by atoms with Crippen LogP contribution in [0, 0.1) is 0 Å². The van der Waals surface area contributed by atoms with Crippen LogP contribution in [0.4, 0.5) is 0 Å². The van der Waals surface area contributed by atoms with Gasteiger partial charge in [0, 0.05) is 32.8 Å². The highest BCUT2D eigenvalue weighted by Gasteiger charge is 2.10. The van der Waals surface area contributed by atoms with E-state index in [9.17, 15) is 0 Å². The first-order valence-corrected chi connectivity index (χ1v) is 9.13. The lowest BCUT2D eigenvalue weighted by molar-refractivity contribution is 0.354. The molecule has 0 atom stereocenters. The summed E-state index contributed by atoms with van der Waals surface area (Å²) >= 11 is 0. The molecule has 0 saturated carbocycles. The number of methoxy groups -OCH3 is 2. The van der Waals surface area contributed by atoms with Gasteiger partial charge in [0.2, 0.25) is 0 Å². The lowest BCUT2D eigenvalue weighted by Crippen LogP contribution is -2.37. The third-order valence-corrected chi connectivity index (χ3v) is 4.12. The second-order valence-corrected chi connectivity index (χ2v) is 6.02. The molecule has 9 heteroatoms. The maximum Gasteiger partial charge on any atom is 0.276 e. The molecule has 0 spiro atoms. The fraction of sp³-hybridized carbons (Fsp3) is 0.300. The number of nitrogens with zero attached hydrogens (tertiary/aromatic N) is 4. The molecule has 3 rings (SSSR count). The van der Waals surface area contributed by atoms with Crippen LogP contribution in [0.5, 0.6) is 11.5 Å². The first kappa shape index (κ1) is 20.1. The quantitative estimate of drug-likeness (QED) is 0.440. The summed E-state index contributed by atoms with van der Waals surface area (Å²) in [5.41, 5.74) is 1.70. The molecule has 3 aromatic rings. The number of pyridine rings is 1. The Bertz CT molecular complexity index is 942. The van der Waals surface area contributed by atoms with E-state index in [1.165, 1.54) is 0 Å². The van der Waals surface area contributed by atoms with Crippen LogP contribution in [0.2, 0.25) is 0 Å². The average molecular weight is 396 g/mol. The number of nitrogens with one attached hydrogen (secondary N) is 2. The molecule has 29 heavy (non-hydrogen) atoms. The van der Waals surface area contributed by atoms with E-state index >= 15 is 0 Å². The summed E-state index contributed by atoms with van der Waals surface area (Å²) < 4.78 is 15.9. The number of guanidine groups is 1. The minimum atomic E-state index is 0.413. The monoisotopic (exact) mass is 396 g/mol. The van der Waals surface area contributed by atoms with Crippen molar-refractivity contribution in [1.82, 2.24) is 25.8 Å². The first-order chi connectivity index (χ1) is 14.2. The zero-order chi connectivity index (χ0) is 20.5. The number of rotatable bonds is 8. The summed E-state index contributed by atoms with van der Waals surface area (Å²) in [6, 6.07) is 11.3. The van der Waals surface area contributed by atoms with Crippen molar-refractivity contribution >= 4 is 5.96 Å². The summed E-state index contributed by atoms with van der Waals surface area (Å²) in [6.45, 7) is 1.19. The van der Waals surface area contributed by atoms with Gasteiger partial charge < -0.3 is 24.6 Å². The molecule has 1 aromatic carbocycles. The molecule has 0 unspecified atom stereocenters. The molecule has 9 nitrogen and oxygen atoms in total. The lowest BCUT2D eigenvalue weighted by atomic mass is 10.2. The minimum Gasteiger partial charge on any atom is -0.493 e. The van der Waals surface area contributed by atoms with E-state index in [-0.39, 0.29) is 0 Å². The SMILES string of the molecule is CN=C(NCCc1noc(-c2ccccn2)n1)NCc1ccc(OC)c(OC)c1. The van der Waals surface area contributed by atoms with Gasteiger partial charge in [-0.15, -0.1) is 0 Å². The second-order valence-electron chi connectivity index (χ2n) is 6.02. The van der Waals surface area contributed by atoms with E-state index in [0.717, 1.165) is 5.56 Å². The Hall–Kier alpha value is -3.62. The van der Waals surface area contributed by atoms with Crippen LogP contribution in [0.15, 0.2) is 52.1 Å². The highest BCUT2D eigenvalue weighted by Crippen LogP contribution is 2.27. The van der Waals surface area contributed by atoms with Gasteiger partial charge in [-0.3, -0.25) is 9.98 Å². The molecule has 0 bridgehead atoms. The largest absolute Gasteiger partial charge is 0.493 e. The smallest absolute Gasteiger partial charge is 0.276 e. The van der Waals surface area contributed by atoms with Gasteiger partial charge in [-0.1, -0.05) is 17.3 Å². The third kappa shape index (κ3) is 5.44. The maximum atomic E-state index is 5.33. The van der Waals surface area contributed by atoms with E-state index in [0.29, 0.717) is 54.4 Å². The number of aromatic nitrogens is 3. The van der Waals surface area contributed by atoms with E-state index in [4.69, 9.17) is 14.0 Å². The predicted octanol–water partition coefficient (Wildman–Crippen LogP) is 2.06. The van der Waals surface area contributed by atoms with Crippen LogP contribution < -0.4 is 20.1 Å². The zero-order valence-corrected chi connectivity index (χ0v) is 16.7. The molecule has 0 aliphatic rings. The number of aliphatic imine (C=N–C) groups is 1. The Morgan fingerprint density at radius 2 is 1.97 bits per heavy atom. The molecule has 0 radical (unpaired) electrons. The van der Waals surface area contributed by atoms with Crippen LogP contribution in [0.3, 0.4) is 0 Å². The van der Waals surface area contributed by atoms with Crippen LogP contribution in [-0.2, 0) is 13.0 Å². The van der Waals surface area contributed by atoms with Gasteiger partial charge in [0.25, 0.3) is 5.89 Å². The van der Waals surface area contributed by atoms with E-state index in [2.05, 4.69) is 30.8 Å². The fourth-order valence-corrected chi connectivity index (χ4v) is 2.64. The Labute approximate surface area is 169 Å². The van der Waals surface area contributed by atoms with E-state index in [1.54, 1.807) is 27.5 Å². The number of hydrogen-bond acceptors (Lipinski definition) is 7. The lowest BCUT2D eigenvalue weighted by Gasteiger charge is -2.13. The van der Waals surface area contributed by atoms with Crippen LogP contribution in [0.25, 0.3) is 11.6 Å². The molecule has 0 fully saturated rings. The van der Waals surface area contributed by atoms with Gasteiger partial charge in [0.1, 0.15) is 5.69 Å². The van der Waals surface area contributed by atoms with Crippen molar-refractivity contribution in [3.8, 4) is 23.1 Å². The van der Waals surface area contributed by atoms with E-state index < -0.39 is 0 Å². The highest BCUT2D eigenvalue weighted by atomic mass is 16.5. The fourth-order valence-electron chi connectivity index (χ4n) is 2.64. The van der Waals surface area contributed by atoms with Crippen molar-refractivity contribution in [1.29, 1.82) is 0 Å². The van der Waals surface area contributed by atoms with Crippen molar-refractivity contribution in [3.63, 3.8) is 0 Å². The van der Waals surface area contributed by atoms with Gasteiger partial charge >= 0.3 is 0 Å². The molecule has 0 aliphatic heterocycles. The van der Waals surface area contributed by atoms with E-state index in [1.807, 2.05) is 36.4 Å². The molecule has 0 saturated heterocycles. The Morgan fingerprint density at radius 3 is 2.69 bits per heavy atom. The Morgan fingerprint density at radius 1 is 1.10 bits per heavy atom. The molecule has 2 N–H and O–H groups in total. The van der Waals surface area contributed by atoms with Gasteiger partial charge in [-0.05, 0) is 29.8 Å². The summed E-state index contributed by atoms with van der Waals surface area (Å²) in [7, 11) is 4.95. The van der Waals surface area contributed by atoms with Gasteiger partial charge in [-0.2, -0.15) is 4.98 Å². The van der Waals surface area contributed by atoms with Crippen molar-refractivity contribution in [2.45, 2.75) is 13.0 Å². The molecule has 0 amide bonds. The van der Waals surface area contributed by atoms with Crippen molar-refractivity contribution in [2.75, 3.05) is 27.8 Å². The van der Waals surface area contributed by atoms with Crippen LogP contribution in [-0.4, -0.2) is 48.9 Å². The third-order valence-electron chi connectivity index (χ3n) is 4.12. The second kappa shape index (κ2) is 10.1. The zero-order valence-electron chi connectivity index (χ0n) is 16.7. The van der Waals surface area contributed by atoms with Crippen molar-refractivity contribution in [3.05, 3.63) is 54.0 Å². The number of hydrogen-bond donors (Lipinski definition) is 2. The van der Waals surface area contributed by atoms with Crippen LogP contribution >= 0.6 is 0 Å². The molecule has 2 heterocycles. The molecular weight excluding hydrogens is 372 g/mol. The standard InChI is InChI=1S/C20H24N6O3/c1-21-20(24-13-14-7-8-16(27-2)17(12-14)28-3)23-11-9-18-25-19(29-26-18)15-6-4-5-10-22-15/h4-8,10,12H,9,11,13H2,1-3H3,(H2,21,23,24). The van der Waals surface area contributed by atoms with Gasteiger partial charge in [-0.25, -0.2) is 0 Å². The summed E-state index contributed by atoms with van der Waals surface area (Å²) in [5, 5.41) is 10.5. The minimum absolute atomic E-state index is 0.413. The maximum absolute atomic E-state index is 5.33. The molecular formula is C20H24N6O3. The molecule has 2 aromatic heterocycles. The van der Waals surface area contributed by atoms with Gasteiger partial charge in [0.05, 0.1) is 14.2 Å². The van der Waals surface area contributed by atoms with Crippen molar-refractivity contribution in [2.24, 2.45) is 4.99 Å². The normalized spacial score (nSPS) is 11.2. The Kier molecular flexibility index (Phi) is 6.99. The van der Waals surface area contributed by atoms with Crippen LogP contribution in [0.1, 0.15) is 11.4 Å². The summed E-state index contributed by atoms with van der Waals surface area (Å²) in [6.07, 6.45) is 2.28. The Balaban J connectivity index is 1.48. The summed E-state index contributed by atoms with van der Waals surface area (Å²) in [4.78, 5) is 12.8. The topological polar surface area (TPSA) is 107 Å².